The van der Waals surface area contributed by atoms with Crippen molar-refractivity contribution in [2.24, 2.45) is 0 Å². The molecule has 0 aliphatic heterocycles. The topological polar surface area (TPSA) is 79.2 Å². The lowest BCUT2D eigenvalue weighted by molar-refractivity contribution is -0.345. The van der Waals surface area contributed by atoms with Crippen LogP contribution in [0.15, 0.2) is 0 Å². The summed E-state index contributed by atoms with van der Waals surface area (Å²) in [6, 6.07) is 0. The van der Waals surface area contributed by atoms with E-state index in [1.165, 1.54) is 0 Å². The Kier molecular flexibility index (Phi) is 11.3. The minimum atomic E-state index is -0.289. The van der Waals surface area contributed by atoms with E-state index in [-0.39, 0.29) is 32.3 Å². The van der Waals surface area contributed by atoms with Crippen molar-refractivity contribution < 1.29 is 24.7 Å². The second-order valence-corrected chi connectivity index (χ2v) is 3.58. The second kappa shape index (κ2) is 11.8. The van der Waals surface area contributed by atoms with Gasteiger partial charge in [-0.2, -0.15) is 0 Å². The van der Waals surface area contributed by atoms with E-state index < -0.39 is 0 Å². The van der Waals surface area contributed by atoms with Crippen molar-refractivity contribution >= 4 is 5.91 Å². The lowest BCUT2D eigenvalue weighted by Gasteiger charge is -2.19. The summed E-state index contributed by atoms with van der Waals surface area (Å²) in [4.78, 5) is 21.5. The molecule has 0 radical (unpaired) electrons. The first-order chi connectivity index (χ1) is 8.26. The minimum absolute atomic E-state index is 0.00781. The van der Waals surface area contributed by atoms with Crippen LogP contribution in [-0.4, -0.2) is 47.8 Å². The van der Waals surface area contributed by atoms with Gasteiger partial charge in [-0.15, -0.1) is 0 Å². The Hall–Kier alpha value is -0.690. The molecule has 0 bridgehead atoms. The van der Waals surface area contributed by atoms with Gasteiger partial charge in [0, 0.05) is 6.42 Å². The van der Waals surface area contributed by atoms with Crippen LogP contribution >= 0.6 is 0 Å². The van der Waals surface area contributed by atoms with Crippen molar-refractivity contribution in [3.05, 3.63) is 0 Å². The molecule has 0 fully saturated rings. The van der Waals surface area contributed by atoms with Crippen molar-refractivity contribution in [1.82, 2.24) is 5.23 Å². The fraction of sp³-hybridized carbons (Fsp3) is 0.909. The standard InChI is InChI=1S/C11H23NO5/c1-2-3-4-5-6-11(15)12(16-9-7-13)17-10-8-14/h13-14H,2-10H2,1H3. The first-order valence-corrected chi connectivity index (χ1v) is 6.06. The SMILES string of the molecule is CCCCCCC(=O)N(OCCO)OCCO. The maximum absolute atomic E-state index is 11.6. The molecule has 0 aliphatic carbocycles. The molecular formula is C11H23NO5. The third-order valence-corrected chi connectivity index (χ3v) is 2.05. The summed E-state index contributed by atoms with van der Waals surface area (Å²) in [7, 11) is 0. The number of hydrogen-bond acceptors (Lipinski definition) is 5. The highest BCUT2D eigenvalue weighted by Crippen LogP contribution is 2.06. The summed E-state index contributed by atoms with van der Waals surface area (Å²) in [5, 5.41) is 18.0. The summed E-state index contributed by atoms with van der Waals surface area (Å²) in [5.74, 6) is -0.289. The smallest absolute Gasteiger partial charge is 0.273 e. The number of amides is 1. The lowest BCUT2D eigenvalue weighted by atomic mass is 10.1. The summed E-state index contributed by atoms with van der Waals surface area (Å²) >= 11 is 0. The Balaban J connectivity index is 3.85. The summed E-state index contributed by atoms with van der Waals surface area (Å²) in [6.45, 7) is 1.70. The fourth-order valence-electron chi connectivity index (χ4n) is 1.22. The van der Waals surface area contributed by atoms with E-state index in [1.807, 2.05) is 0 Å². The molecule has 0 aromatic carbocycles. The summed E-state index contributed by atoms with van der Waals surface area (Å²) in [5.41, 5.74) is 0. The molecule has 0 aromatic heterocycles. The van der Waals surface area contributed by atoms with Crippen molar-refractivity contribution in [2.75, 3.05) is 26.4 Å². The Morgan fingerprint density at radius 2 is 1.65 bits per heavy atom. The molecule has 6 nitrogen and oxygen atoms in total. The molecule has 0 atom stereocenters. The maximum atomic E-state index is 11.6. The molecular weight excluding hydrogens is 226 g/mol. The average Bonchev–Trinajstić information content (AvgIpc) is 2.34. The van der Waals surface area contributed by atoms with Crippen molar-refractivity contribution in [1.29, 1.82) is 0 Å². The zero-order chi connectivity index (χ0) is 12.9. The van der Waals surface area contributed by atoms with Gasteiger partial charge < -0.3 is 10.2 Å². The first-order valence-electron chi connectivity index (χ1n) is 6.06. The van der Waals surface area contributed by atoms with E-state index in [0.29, 0.717) is 6.42 Å². The van der Waals surface area contributed by atoms with Crippen LogP contribution in [0.5, 0.6) is 0 Å². The van der Waals surface area contributed by atoms with Crippen LogP contribution in [-0.2, 0) is 14.5 Å². The maximum Gasteiger partial charge on any atom is 0.273 e. The molecule has 0 rings (SSSR count). The third kappa shape index (κ3) is 9.05. The van der Waals surface area contributed by atoms with E-state index in [1.54, 1.807) is 0 Å². The van der Waals surface area contributed by atoms with Gasteiger partial charge in [-0.3, -0.25) is 4.79 Å². The van der Waals surface area contributed by atoms with Crippen molar-refractivity contribution in [2.45, 2.75) is 39.0 Å². The molecule has 0 aliphatic rings. The molecule has 0 heterocycles. The highest BCUT2D eigenvalue weighted by molar-refractivity contribution is 5.73. The molecule has 6 heteroatoms. The normalized spacial score (nSPS) is 10.5. The number of aliphatic hydroxyl groups is 2. The van der Waals surface area contributed by atoms with Crippen LogP contribution in [0, 0.1) is 0 Å². The van der Waals surface area contributed by atoms with Gasteiger partial charge in [0.25, 0.3) is 5.91 Å². The van der Waals surface area contributed by atoms with Gasteiger partial charge in [-0.1, -0.05) is 31.4 Å². The monoisotopic (exact) mass is 249 g/mol. The van der Waals surface area contributed by atoms with Gasteiger partial charge >= 0.3 is 0 Å². The molecule has 2 N–H and O–H groups in total. The van der Waals surface area contributed by atoms with E-state index in [4.69, 9.17) is 19.9 Å². The van der Waals surface area contributed by atoms with Crippen LogP contribution < -0.4 is 0 Å². The number of hydrogen-bond donors (Lipinski definition) is 2. The molecule has 0 aromatic rings. The Morgan fingerprint density at radius 3 is 2.12 bits per heavy atom. The van der Waals surface area contributed by atoms with Crippen LogP contribution in [0.25, 0.3) is 0 Å². The molecule has 0 spiro atoms. The predicted octanol–water partition coefficient (Wildman–Crippen LogP) is 0.633. The summed E-state index contributed by atoms with van der Waals surface area (Å²) < 4.78 is 0. The number of carbonyl (C=O) groups excluding carboxylic acids is 1. The molecule has 0 saturated heterocycles. The minimum Gasteiger partial charge on any atom is -0.394 e. The van der Waals surface area contributed by atoms with Crippen LogP contribution in [0.4, 0.5) is 0 Å². The lowest BCUT2D eigenvalue weighted by Crippen LogP contribution is -2.33. The van der Waals surface area contributed by atoms with E-state index >= 15 is 0 Å². The number of unbranched alkanes of at least 4 members (excludes halogenated alkanes) is 3. The molecule has 0 unspecified atom stereocenters. The zero-order valence-corrected chi connectivity index (χ0v) is 10.4. The van der Waals surface area contributed by atoms with Crippen LogP contribution in [0.3, 0.4) is 0 Å². The quantitative estimate of drug-likeness (QED) is 0.415. The highest BCUT2D eigenvalue weighted by atomic mass is 17.0. The van der Waals surface area contributed by atoms with Gasteiger partial charge in [0.2, 0.25) is 0 Å². The van der Waals surface area contributed by atoms with Crippen molar-refractivity contribution in [3.8, 4) is 0 Å². The second-order valence-electron chi connectivity index (χ2n) is 3.58. The van der Waals surface area contributed by atoms with Gasteiger partial charge in [0.1, 0.15) is 13.2 Å². The van der Waals surface area contributed by atoms with Gasteiger partial charge in [-0.05, 0) is 6.42 Å². The Morgan fingerprint density at radius 1 is 1.06 bits per heavy atom. The van der Waals surface area contributed by atoms with Gasteiger partial charge in [0.05, 0.1) is 13.2 Å². The third-order valence-electron chi connectivity index (χ3n) is 2.05. The number of aliphatic hydroxyl groups excluding tert-OH is 2. The average molecular weight is 249 g/mol. The molecule has 102 valence electrons. The number of carbonyl (C=O) groups is 1. The van der Waals surface area contributed by atoms with E-state index in [9.17, 15) is 4.79 Å². The number of hydroxylamine groups is 2. The Bertz CT molecular complexity index is 181. The molecule has 1 amide bonds. The van der Waals surface area contributed by atoms with E-state index in [2.05, 4.69) is 6.92 Å². The molecule has 17 heavy (non-hydrogen) atoms. The zero-order valence-electron chi connectivity index (χ0n) is 10.4. The van der Waals surface area contributed by atoms with Crippen molar-refractivity contribution in [3.63, 3.8) is 0 Å². The van der Waals surface area contributed by atoms with Crippen LogP contribution in [0.2, 0.25) is 0 Å². The number of nitrogens with zero attached hydrogens (tertiary/aromatic N) is 1. The van der Waals surface area contributed by atoms with Crippen LogP contribution in [0.1, 0.15) is 39.0 Å². The fourth-order valence-corrected chi connectivity index (χ4v) is 1.22. The predicted molar refractivity (Wildman–Crippen MR) is 61.7 cm³/mol. The van der Waals surface area contributed by atoms with Gasteiger partial charge in [-0.25, -0.2) is 9.68 Å². The first kappa shape index (κ1) is 16.3. The largest absolute Gasteiger partial charge is 0.394 e. The number of rotatable bonds is 11. The van der Waals surface area contributed by atoms with E-state index in [0.717, 1.165) is 30.9 Å². The summed E-state index contributed by atoms with van der Waals surface area (Å²) in [6.07, 6.45) is 4.34. The van der Waals surface area contributed by atoms with Gasteiger partial charge in [0.15, 0.2) is 0 Å². The molecule has 0 saturated carbocycles. The Labute approximate surface area is 102 Å². The highest BCUT2D eigenvalue weighted by Gasteiger charge is 2.14.